The lowest BCUT2D eigenvalue weighted by Crippen LogP contribution is -2.54. The largest absolute Gasteiger partial charge is 0.489 e. The first kappa shape index (κ1) is 30.4. The summed E-state index contributed by atoms with van der Waals surface area (Å²) >= 11 is 0. The van der Waals surface area contributed by atoms with Gasteiger partial charge in [0.15, 0.2) is 0 Å². The molecule has 4 rings (SSSR count). The van der Waals surface area contributed by atoms with Gasteiger partial charge >= 0.3 is 12.3 Å². The highest BCUT2D eigenvalue weighted by molar-refractivity contribution is 5.82. The van der Waals surface area contributed by atoms with Gasteiger partial charge in [-0.15, -0.1) is 0 Å². The third-order valence-electron chi connectivity index (χ3n) is 6.74. The smallest absolute Gasteiger partial charge is 0.419 e. The molecule has 0 spiro atoms. The molecule has 0 aliphatic carbocycles. The maximum atomic E-state index is 14.6. The number of ether oxygens (including phenoxy) is 2. The molecule has 0 N–H and O–H groups in total. The van der Waals surface area contributed by atoms with Crippen LogP contribution < -0.4 is 10.3 Å². The Hall–Kier alpha value is -3.60. The molecule has 1 amide bonds. The van der Waals surface area contributed by atoms with Crippen molar-refractivity contribution in [3.63, 3.8) is 0 Å². The average Bonchev–Trinajstić information content (AvgIpc) is 2.84. The number of carbonyl (C=O) groups is 1. The normalized spacial score (nSPS) is 16.9. The fourth-order valence-corrected chi connectivity index (χ4v) is 4.91. The van der Waals surface area contributed by atoms with Gasteiger partial charge in [0, 0.05) is 49.4 Å². The summed E-state index contributed by atoms with van der Waals surface area (Å²) in [4.78, 5) is 30.2. The highest BCUT2D eigenvalue weighted by atomic mass is 19.4. The zero-order valence-corrected chi connectivity index (χ0v) is 24.0. The predicted molar refractivity (Wildman–Crippen MR) is 148 cm³/mol. The van der Waals surface area contributed by atoms with Crippen molar-refractivity contribution in [2.24, 2.45) is 0 Å². The van der Waals surface area contributed by atoms with Crippen molar-refractivity contribution in [2.45, 2.75) is 72.0 Å². The Morgan fingerprint density at radius 3 is 2.37 bits per heavy atom. The van der Waals surface area contributed by atoms with E-state index < -0.39 is 40.9 Å². The molecule has 3 aromatic rings. The summed E-state index contributed by atoms with van der Waals surface area (Å²) in [7, 11) is 0. The molecule has 2 aromatic carbocycles. The molecule has 1 atom stereocenters. The summed E-state index contributed by atoms with van der Waals surface area (Å²) in [6, 6.07) is 9.70. The van der Waals surface area contributed by atoms with E-state index in [-0.39, 0.29) is 24.0 Å². The summed E-state index contributed by atoms with van der Waals surface area (Å²) in [5.74, 6) is -1.66. The number of hydrogen-bond acceptors (Lipinski definition) is 5. The van der Waals surface area contributed by atoms with Crippen LogP contribution in [0.4, 0.5) is 22.4 Å². The Kier molecular flexibility index (Phi) is 8.40. The summed E-state index contributed by atoms with van der Waals surface area (Å²) in [5, 5.41) is 0.917. The zero-order valence-electron chi connectivity index (χ0n) is 24.0. The molecule has 1 fully saturated rings. The van der Waals surface area contributed by atoms with Crippen LogP contribution in [0.5, 0.6) is 5.75 Å². The van der Waals surface area contributed by atoms with Crippen LogP contribution >= 0.6 is 0 Å². The number of halogens is 4. The Bertz CT molecular complexity index is 1490. The number of nitrogens with zero attached hydrogens (tertiary/aromatic N) is 3. The number of carbonyl (C=O) groups excluding carboxylic acids is 1. The lowest BCUT2D eigenvalue weighted by Gasteiger charge is -2.40. The molecule has 222 valence electrons. The van der Waals surface area contributed by atoms with Gasteiger partial charge in [0.2, 0.25) is 0 Å². The third-order valence-corrected chi connectivity index (χ3v) is 6.74. The molecular formula is C30H35F4N3O4. The molecule has 1 aliphatic heterocycles. The number of rotatable bonds is 5. The summed E-state index contributed by atoms with van der Waals surface area (Å²) < 4.78 is 68.4. The van der Waals surface area contributed by atoms with Gasteiger partial charge in [0.25, 0.3) is 5.56 Å². The minimum Gasteiger partial charge on any atom is -0.489 e. The van der Waals surface area contributed by atoms with Crippen molar-refractivity contribution in [2.75, 3.05) is 19.6 Å². The topological polar surface area (TPSA) is 64.0 Å². The standard InChI is InChI=1S/C30H35F4N3O4/c1-18(2)40-26-15-24(31)23(30(32,33)34)14-25(26)37-21(13-20-9-7-8-10-22(20)27(37)38)17-35-11-12-36(16-19(35)3)28(39)41-29(4,5)6/h7-10,13-15,18-19H,11-12,16-17H2,1-6H3/t19-/m0/s1. The quantitative estimate of drug-likeness (QED) is 0.330. The molecule has 41 heavy (non-hydrogen) atoms. The fourth-order valence-electron chi connectivity index (χ4n) is 4.91. The molecule has 0 unspecified atom stereocenters. The van der Waals surface area contributed by atoms with Gasteiger partial charge in [0.05, 0.1) is 17.4 Å². The maximum absolute atomic E-state index is 14.6. The van der Waals surface area contributed by atoms with Crippen LogP contribution in [0.3, 0.4) is 0 Å². The van der Waals surface area contributed by atoms with E-state index in [1.165, 1.54) is 4.57 Å². The minimum absolute atomic E-state index is 0.156. The van der Waals surface area contributed by atoms with Crippen LogP contribution in [0.25, 0.3) is 16.5 Å². The molecule has 1 aromatic heterocycles. The Morgan fingerprint density at radius 2 is 1.76 bits per heavy atom. The average molecular weight is 578 g/mol. The van der Waals surface area contributed by atoms with E-state index in [0.717, 1.165) is 0 Å². The zero-order chi connectivity index (χ0) is 30.3. The number of piperazine rings is 1. The minimum atomic E-state index is -4.98. The van der Waals surface area contributed by atoms with Crippen molar-refractivity contribution >= 4 is 16.9 Å². The number of hydrogen-bond donors (Lipinski definition) is 0. The van der Waals surface area contributed by atoms with E-state index in [0.29, 0.717) is 48.2 Å². The lowest BCUT2D eigenvalue weighted by molar-refractivity contribution is -0.140. The van der Waals surface area contributed by atoms with Gasteiger partial charge in [-0.25, -0.2) is 9.18 Å². The van der Waals surface area contributed by atoms with Gasteiger partial charge < -0.3 is 14.4 Å². The highest BCUT2D eigenvalue weighted by Crippen LogP contribution is 2.37. The van der Waals surface area contributed by atoms with E-state index >= 15 is 0 Å². The first-order chi connectivity index (χ1) is 19.0. The lowest BCUT2D eigenvalue weighted by atomic mass is 10.1. The van der Waals surface area contributed by atoms with Crippen LogP contribution in [0, 0.1) is 5.82 Å². The van der Waals surface area contributed by atoms with Crippen LogP contribution in [0.2, 0.25) is 0 Å². The first-order valence-corrected chi connectivity index (χ1v) is 13.5. The van der Waals surface area contributed by atoms with E-state index in [2.05, 4.69) is 0 Å². The van der Waals surface area contributed by atoms with E-state index in [1.807, 2.05) is 11.8 Å². The molecule has 0 radical (unpaired) electrons. The van der Waals surface area contributed by atoms with E-state index in [9.17, 15) is 27.2 Å². The summed E-state index contributed by atoms with van der Waals surface area (Å²) in [5.41, 5.74) is -2.48. The Balaban J connectivity index is 1.81. The van der Waals surface area contributed by atoms with Crippen molar-refractivity contribution in [3.05, 3.63) is 69.9 Å². The number of amides is 1. The van der Waals surface area contributed by atoms with Crippen molar-refractivity contribution in [1.29, 1.82) is 0 Å². The fraction of sp³-hybridized carbons (Fsp3) is 0.467. The number of aromatic nitrogens is 1. The van der Waals surface area contributed by atoms with Crippen LogP contribution in [0.1, 0.15) is 52.8 Å². The third kappa shape index (κ3) is 6.83. The molecule has 0 bridgehead atoms. The maximum Gasteiger partial charge on any atom is 0.419 e. The van der Waals surface area contributed by atoms with Gasteiger partial charge in [-0.3, -0.25) is 14.3 Å². The van der Waals surface area contributed by atoms with Crippen LogP contribution in [0.15, 0.2) is 47.3 Å². The molecular weight excluding hydrogens is 542 g/mol. The Labute approximate surface area is 236 Å². The van der Waals surface area contributed by atoms with Crippen LogP contribution in [-0.4, -0.2) is 57.8 Å². The number of pyridine rings is 1. The molecule has 0 saturated carbocycles. The van der Waals surface area contributed by atoms with Crippen molar-refractivity contribution in [1.82, 2.24) is 14.4 Å². The van der Waals surface area contributed by atoms with E-state index in [1.54, 1.807) is 69.9 Å². The molecule has 1 aliphatic rings. The molecule has 2 heterocycles. The van der Waals surface area contributed by atoms with Crippen molar-refractivity contribution in [3.8, 4) is 11.4 Å². The second kappa shape index (κ2) is 11.3. The highest BCUT2D eigenvalue weighted by Gasteiger charge is 2.36. The molecule has 11 heteroatoms. The number of benzene rings is 2. The van der Waals surface area contributed by atoms with Gasteiger partial charge in [-0.05, 0) is 65.1 Å². The summed E-state index contributed by atoms with van der Waals surface area (Å²) in [6.45, 7) is 12.0. The monoisotopic (exact) mass is 577 g/mol. The van der Waals surface area contributed by atoms with Crippen LogP contribution in [-0.2, 0) is 17.5 Å². The molecule has 7 nitrogen and oxygen atoms in total. The number of alkyl halides is 3. The SMILES string of the molecule is CC(C)Oc1cc(F)c(C(F)(F)F)cc1-n1c(CN2CCN(C(=O)OC(C)(C)C)C[C@@H]2C)cc2ccccc2c1=O. The first-order valence-electron chi connectivity index (χ1n) is 13.5. The second-order valence-corrected chi connectivity index (χ2v) is 11.6. The second-order valence-electron chi connectivity index (χ2n) is 11.6. The number of fused-ring (bicyclic) bond motifs is 1. The molecule has 1 saturated heterocycles. The van der Waals surface area contributed by atoms with Gasteiger partial charge in [0.1, 0.15) is 17.2 Å². The summed E-state index contributed by atoms with van der Waals surface area (Å²) in [6.07, 6.45) is -5.90. The predicted octanol–water partition coefficient (Wildman–Crippen LogP) is 6.38. The van der Waals surface area contributed by atoms with E-state index in [4.69, 9.17) is 9.47 Å². The Morgan fingerprint density at radius 1 is 1.07 bits per heavy atom. The van der Waals surface area contributed by atoms with Crippen molar-refractivity contribution < 1.29 is 31.8 Å². The van der Waals surface area contributed by atoms with Gasteiger partial charge in [-0.2, -0.15) is 13.2 Å². The van der Waals surface area contributed by atoms with Gasteiger partial charge in [-0.1, -0.05) is 18.2 Å².